The van der Waals surface area contributed by atoms with Gasteiger partial charge >= 0.3 is 0 Å². The fraction of sp³-hybridized carbons (Fsp3) is 0.238. The molecule has 144 valence electrons. The zero-order chi connectivity index (χ0) is 19.8. The molecule has 3 aromatic rings. The molecule has 0 N–H and O–H groups in total. The average Bonchev–Trinajstić information content (AvgIpc) is 3.04. The summed E-state index contributed by atoms with van der Waals surface area (Å²) in [5.74, 6) is 0.0562. The van der Waals surface area contributed by atoms with Crippen LogP contribution in [0.4, 0.5) is 0 Å². The van der Waals surface area contributed by atoms with E-state index in [-0.39, 0.29) is 11.8 Å². The van der Waals surface area contributed by atoms with Crippen LogP contribution in [-0.2, 0) is 0 Å². The van der Waals surface area contributed by atoms with Gasteiger partial charge in [0.25, 0.3) is 11.8 Å². The third kappa shape index (κ3) is 3.36. The van der Waals surface area contributed by atoms with Crippen LogP contribution in [0.5, 0.6) is 0 Å². The van der Waals surface area contributed by atoms with Gasteiger partial charge in [0.2, 0.25) is 0 Å². The van der Waals surface area contributed by atoms with Crippen molar-refractivity contribution in [2.45, 2.75) is 6.92 Å². The molecule has 0 saturated carbocycles. The van der Waals surface area contributed by atoms with Gasteiger partial charge in [-0.05, 0) is 31.2 Å². The number of para-hydroxylation sites is 1. The van der Waals surface area contributed by atoms with Gasteiger partial charge in [-0.25, -0.2) is 0 Å². The lowest BCUT2D eigenvalue weighted by Crippen LogP contribution is -2.50. The van der Waals surface area contributed by atoms with Crippen molar-refractivity contribution < 1.29 is 14.0 Å². The number of hydrogen-bond acceptors (Lipinski definition) is 3. The van der Waals surface area contributed by atoms with Gasteiger partial charge < -0.3 is 14.2 Å². The van der Waals surface area contributed by atoms with E-state index >= 15 is 0 Å². The molecule has 0 bridgehead atoms. The number of fused-ring (bicyclic) bond motifs is 1. The van der Waals surface area contributed by atoms with Gasteiger partial charge in [-0.2, -0.15) is 0 Å². The van der Waals surface area contributed by atoms with Crippen molar-refractivity contribution in [3.8, 4) is 0 Å². The number of halogens is 2. The Labute approximate surface area is 172 Å². The first-order valence-electron chi connectivity index (χ1n) is 8.97. The predicted molar refractivity (Wildman–Crippen MR) is 109 cm³/mol. The van der Waals surface area contributed by atoms with E-state index in [2.05, 4.69) is 0 Å². The van der Waals surface area contributed by atoms with Crippen LogP contribution in [0.2, 0.25) is 10.0 Å². The molecule has 0 unspecified atom stereocenters. The second-order valence-corrected chi connectivity index (χ2v) is 7.60. The second kappa shape index (κ2) is 7.49. The Morgan fingerprint density at radius 1 is 0.929 bits per heavy atom. The Morgan fingerprint density at radius 3 is 2.21 bits per heavy atom. The largest absolute Gasteiger partial charge is 0.451 e. The van der Waals surface area contributed by atoms with Gasteiger partial charge in [-0.3, -0.25) is 9.59 Å². The number of benzene rings is 2. The highest BCUT2D eigenvalue weighted by Crippen LogP contribution is 2.27. The SMILES string of the molecule is Cc1c(C(=O)N2CCN(C(=O)c3ccc(Cl)cc3Cl)CC2)oc2ccccc12. The molecule has 28 heavy (non-hydrogen) atoms. The molecule has 0 aliphatic carbocycles. The average molecular weight is 417 g/mol. The first-order chi connectivity index (χ1) is 13.5. The molecule has 2 aromatic carbocycles. The monoisotopic (exact) mass is 416 g/mol. The molecule has 2 amide bonds. The summed E-state index contributed by atoms with van der Waals surface area (Å²) in [5, 5.41) is 1.75. The summed E-state index contributed by atoms with van der Waals surface area (Å²) in [6.07, 6.45) is 0. The number of carbonyl (C=O) groups is 2. The van der Waals surface area contributed by atoms with Crippen molar-refractivity contribution in [2.24, 2.45) is 0 Å². The second-order valence-electron chi connectivity index (χ2n) is 6.76. The normalized spacial score (nSPS) is 14.5. The van der Waals surface area contributed by atoms with E-state index in [0.29, 0.717) is 53.1 Å². The zero-order valence-corrected chi connectivity index (χ0v) is 16.8. The van der Waals surface area contributed by atoms with Crippen LogP contribution in [0.3, 0.4) is 0 Å². The fourth-order valence-corrected chi connectivity index (χ4v) is 3.96. The van der Waals surface area contributed by atoms with Crippen LogP contribution in [0.25, 0.3) is 11.0 Å². The van der Waals surface area contributed by atoms with Crippen LogP contribution in [0.1, 0.15) is 26.5 Å². The Balaban J connectivity index is 1.47. The van der Waals surface area contributed by atoms with Crippen molar-refractivity contribution in [3.63, 3.8) is 0 Å². The fourth-order valence-electron chi connectivity index (χ4n) is 3.47. The number of hydrogen-bond donors (Lipinski definition) is 0. The van der Waals surface area contributed by atoms with Gasteiger partial charge in [0, 0.05) is 42.2 Å². The number of rotatable bonds is 2. The van der Waals surface area contributed by atoms with E-state index in [9.17, 15) is 9.59 Å². The Morgan fingerprint density at radius 2 is 1.57 bits per heavy atom. The molecule has 0 atom stereocenters. The van der Waals surface area contributed by atoms with Gasteiger partial charge in [0.1, 0.15) is 5.58 Å². The third-order valence-electron chi connectivity index (χ3n) is 5.05. The molecular weight excluding hydrogens is 399 g/mol. The summed E-state index contributed by atoms with van der Waals surface area (Å²) in [6.45, 7) is 3.63. The first-order valence-corrected chi connectivity index (χ1v) is 9.73. The molecule has 2 heterocycles. The summed E-state index contributed by atoms with van der Waals surface area (Å²) < 4.78 is 5.78. The van der Waals surface area contributed by atoms with Crippen LogP contribution in [-0.4, -0.2) is 47.8 Å². The van der Waals surface area contributed by atoms with Crippen LogP contribution in [0.15, 0.2) is 46.9 Å². The van der Waals surface area contributed by atoms with Crippen molar-refractivity contribution in [1.29, 1.82) is 0 Å². The van der Waals surface area contributed by atoms with Crippen LogP contribution >= 0.6 is 23.2 Å². The summed E-state index contributed by atoms with van der Waals surface area (Å²) >= 11 is 12.0. The highest BCUT2D eigenvalue weighted by Gasteiger charge is 2.29. The molecule has 5 nitrogen and oxygen atoms in total. The molecule has 1 aliphatic heterocycles. The Hall–Kier alpha value is -2.50. The summed E-state index contributed by atoms with van der Waals surface area (Å²) in [6, 6.07) is 12.4. The molecule has 1 saturated heterocycles. The lowest BCUT2D eigenvalue weighted by molar-refractivity contribution is 0.0519. The zero-order valence-electron chi connectivity index (χ0n) is 15.2. The molecular formula is C21H18Cl2N2O3. The third-order valence-corrected chi connectivity index (χ3v) is 5.60. The lowest BCUT2D eigenvalue weighted by Gasteiger charge is -2.34. The van der Waals surface area contributed by atoms with Crippen molar-refractivity contribution >= 4 is 46.0 Å². The number of piperazine rings is 1. The molecule has 0 spiro atoms. The number of furan rings is 1. The molecule has 1 fully saturated rings. The van der Waals surface area contributed by atoms with Crippen molar-refractivity contribution in [2.75, 3.05) is 26.2 Å². The highest BCUT2D eigenvalue weighted by atomic mass is 35.5. The van der Waals surface area contributed by atoms with Gasteiger partial charge in [-0.15, -0.1) is 0 Å². The quantitative estimate of drug-likeness (QED) is 0.610. The Kier molecular flexibility index (Phi) is 5.04. The smallest absolute Gasteiger partial charge is 0.290 e. The summed E-state index contributed by atoms with van der Waals surface area (Å²) in [7, 11) is 0. The van der Waals surface area contributed by atoms with E-state index in [0.717, 1.165) is 10.9 Å². The van der Waals surface area contributed by atoms with Crippen LogP contribution < -0.4 is 0 Å². The number of nitrogens with zero attached hydrogens (tertiary/aromatic N) is 2. The maximum Gasteiger partial charge on any atom is 0.290 e. The maximum absolute atomic E-state index is 12.9. The minimum absolute atomic E-state index is 0.148. The van der Waals surface area contributed by atoms with Gasteiger partial charge in [0.15, 0.2) is 5.76 Å². The molecule has 1 aromatic heterocycles. The topological polar surface area (TPSA) is 53.8 Å². The molecule has 1 aliphatic rings. The summed E-state index contributed by atoms with van der Waals surface area (Å²) in [5.41, 5.74) is 1.96. The van der Waals surface area contributed by atoms with Crippen molar-refractivity contribution in [1.82, 2.24) is 9.80 Å². The minimum atomic E-state index is -0.159. The standard InChI is InChI=1S/C21H18Cl2N2O3/c1-13-15-4-2-3-5-18(15)28-19(13)21(27)25-10-8-24(9-11-25)20(26)16-7-6-14(22)12-17(16)23/h2-7,12H,8-11H2,1H3. The van der Waals surface area contributed by atoms with E-state index < -0.39 is 0 Å². The van der Waals surface area contributed by atoms with E-state index in [1.54, 1.807) is 28.0 Å². The van der Waals surface area contributed by atoms with E-state index in [1.165, 1.54) is 0 Å². The highest BCUT2D eigenvalue weighted by molar-refractivity contribution is 6.36. The maximum atomic E-state index is 12.9. The predicted octanol–water partition coefficient (Wildman–Crippen LogP) is 4.65. The minimum Gasteiger partial charge on any atom is -0.451 e. The summed E-state index contributed by atoms with van der Waals surface area (Å²) in [4.78, 5) is 29.1. The van der Waals surface area contributed by atoms with Gasteiger partial charge in [0.05, 0.1) is 10.6 Å². The van der Waals surface area contributed by atoms with Crippen LogP contribution in [0, 0.1) is 6.92 Å². The number of carbonyl (C=O) groups excluding carboxylic acids is 2. The Bertz CT molecular complexity index is 1070. The van der Waals surface area contributed by atoms with E-state index in [1.807, 2.05) is 31.2 Å². The first kappa shape index (κ1) is 18.8. The lowest BCUT2D eigenvalue weighted by atomic mass is 10.1. The number of amides is 2. The molecule has 7 heteroatoms. The van der Waals surface area contributed by atoms with Crippen molar-refractivity contribution in [3.05, 3.63) is 69.4 Å². The van der Waals surface area contributed by atoms with Gasteiger partial charge in [-0.1, -0.05) is 41.4 Å². The van der Waals surface area contributed by atoms with E-state index in [4.69, 9.17) is 27.6 Å². The molecule has 4 rings (SSSR count). The number of aryl methyl sites for hydroxylation is 1. The molecule has 0 radical (unpaired) electrons.